The van der Waals surface area contributed by atoms with E-state index in [0.717, 1.165) is 29.8 Å². The minimum atomic E-state index is -0.229. The molecule has 3 heterocycles. The van der Waals surface area contributed by atoms with E-state index in [9.17, 15) is 4.79 Å². The van der Waals surface area contributed by atoms with Crippen LogP contribution in [0, 0.1) is 6.92 Å². The van der Waals surface area contributed by atoms with Crippen molar-refractivity contribution in [1.29, 1.82) is 0 Å². The maximum atomic E-state index is 12.3. The number of ether oxygens (including phenoxy) is 2. The molecule has 8 heteroatoms. The van der Waals surface area contributed by atoms with Gasteiger partial charge in [0.15, 0.2) is 0 Å². The first-order valence-electron chi connectivity index (χ1n) is 9.64. The molecule has 1 fully saturated rings. The summed E-state index contributed by atoms with van der Waals surface area (Å²) in [6, 6.07) is 13.1. The number of fused-ring (bicyclic) bond motifs is 1. The lowest BCUT2D eigenvalue weighted by Gasteiger charge is -2.28. The van der Waals surface area contributed by atoms with Gasteiger partial charge in [-0.05, 0) is 19.1 Å². The number of carbonyl (C=O) groups is 1. The van der Waals surface area contributed by atoms with Gasteiger partial charge in [-0.3, -0.25) is 4.79 Å². The molecule has 150 valence electrons. The lowest BCUT2D eigenvalue weighted by Crippen LogP contribution is -2.37. The first kappa shape index (κ1) is 19.1. The molecule has 0 radical (unpaired) electrons. The van der Waals surface area contributed by atoms with Gasteiger partial charge in [-0.2, -0.15) is 4.98 Å². The summed E-state index contributed by atoms with van der Waals surface area (Å²) in [6.07, 6.45) is 0. The van der Waals surface area contributed by atoms with Crippen LogP contribution in [-0.2, 0) is 4.74 Å². The van der Waals surface area contributed by atoms with Gasteiger partial charge in [0.05, 0.1) is 25.3 Å². The van der Waals surface area contributed by atoms with Gasteiger partial charge >= 0.3 is 0 Å². The number of aryl methyl sites for hydroxylation is 1. The summed E-state index contributed by atoms with van der Waals surface area (Å²) < 4.78 is 11.1. The summed E-state index contributed by atoms with van der Waals surface area (Å²) >= 11 is 0. The lowest BCUT2D eigenvalue weighted by atomic mass is 10.2. The van der Waals surface area contributed by atoms with Crippen molar-refractivity contribution in [2.45, 2.75) is 6.92 Å². The predicted molar refractivity (Wildman–Crippen MR) is 109 cm³/mol. The second-order valence-corrected chi connectivity index (χ2v) is 6.70. The minimum absolute atomic E-state index is 0.229. The zero-order valence-corrected chi connectivity index (χ0v) is 16.3. The molecule has 4 rings (SSSR count). The maximum Gasteiger partial charge on any atom is 0.270 e. The minimum Gasteiger partial charge on any atom is -0.476 e. The third-order valence-electron chi connectivity index (χ3n) is 4.60. The number of pyridine rings is 1. The number of aromatic nitrogens is 3. The molecule has 1 aliphatic heterocycles. The van der Waals surface area contributed by atoms with Crippen LogP contribution in [0.25, 0.3) is 10.9 Å². The molecule has 8 nitrogen and oxygen atoms in total. The molecule has 0 atom stereocenters. The normalized spacial score (nSPS) is 14.0. The predicted octanol–water partition coefficient (Wildman–Crippen LogP) is 1.98. The number of morpholine rings is 1. The molecule has 2 aromatic heterocycles. The second-order valence-electron chi connectivity index (χ2n) is 6.70. The van der Waals surface area contributed by atoms with Gasteiger partial charge in [0.25, 0.3) is 5.91 Å². The zero-order valence-electron chi connectivity index (χ0n) is 16.3. The quantitative estimate of drug-likeness (QED) is 0.641. The van der Waals surface area contributed by atoms with Gasteiger partial charge in [-0.25, -0.2) is 9.97 Å². The standard InChI is InChI=1S/C21H23N5O3/c1-15-23-19(26-9-12-28-13-10-26)14-20(24-15)29-11-8-22-21(27)18-7-6-16-4-2-3-5-17(16)25-18/h2-7,14H,8-13H2,1H3,(H,22,27). The summed E-state index contributed by atoms with van der Waals surface area (Å²) in [5.74, 6) is 1.75. The summed E-state index contributed by atoms with van der Waals surface area (Å²) in [5.41, 5.74) is 1.18. The number of rotatable bonds is 6. The summed E-state index contributed by atoms with van der Waals surface area (Å²) in [5, 5.41) is 3.83. The van der Waals surface area contributed by atoms with Gasteiger partial charge in [0, 0.05) is 24.5 Å². The van der Waals surface area contributed by atoms with Crippen LogP contribution in [0.2, 0.25) is 0 Å². The van der Waals surface area contributed by atoms with Crippen LogP contribution >= 0.6 is 0 Å². The van der Waals surface area contributed by atoms with Crippen LogP contribution in [0.5, 0.6) is 5.88 Å². The van der Waals surface area contributed by atoms with E-state index in [-0.39, 0.29) is 5.91 Å². The Balaban J connectivity index is 1.31. The number of anilines is 1. The number of nitrogens with one attached hydrogen (secondary N) is 1. The molecule has 0 bridgehead atoms. The Morgan fingerprint density at radius 1 is 1.14 bits per heavy atom. The average molecular weight is 393 g/mol. The van der Waals surface area contributed by atoms with Crippen molar-refractivity contribution >= 4 is 22.6 Å². The van der Waals surface area contributed by atoms with Crippen LogP contribution in [0.3, 0.4) is 0 Å². The van der Waals surface area contributed by atoms with Gasteiger partial charge in [0.1, 0.15) is 23.9 Å². The van der Waals surface area contributed by atoms with Crippen molar-refractivity contribution in [2.75, 3.05) is 44.4 Å². The van der Waals surface area contributed by atoms with Gasteiger partial charge in [-0.15, -0.1) is 0 Å². The fraction of sp³-hybridized carbons (Fsp3) is 0.333. The molecule has 0 saturated carbocycles. The van der Waals surface area contributed by atoms with Crippen molar-refractivity contribution in [3.8, 4) is 5.88 Å². The van der Waals surface area contributed by atoms with E-state index in [1.54, 1.807) is 6.07 Å². The maximum absolute atomic E-state index is 12.3. The van der Waals surface area contributed by atoms with E-state index in [1.807, 2.05) is 43.3 Å². The van der Waals surface area contributed by atoms with Crippen molar-refractivity contribution in [3.63, 3.8) is 0 Å². The molecule has 1 saturated heterocycles. The topological polar surface area (TPSA) is 89.5 Å². The number of amides is 1. The number of hydrogen-bond donors (Lipinski definition) is 1. The molecule has 1 amide bonds. The Labute approximate surface area is 168 Å². The van der Waals surface area contributed by atoms with E-state index < -0.39 is 0 Å². The van der Waals surface area contributed by atoms with Crippen molar-refractivity contribution in [3.05, 3.63) is 54.0 Å². The highest BCUT2D eigenvalue weighted by molar-refractivity contribution is 5.94. The van der Waals surface area contributed by atoms with E-state index in [2.05, 4.69) is 25.2 Å². The summed E-state index contributed by atoms with van der Waals surface area (Å²) in [6.45, 7) is 5.46. The molecule has 3 aromatic rings. The smallest absolute Gasteiger partial charge is 0.270 e. The fourth-order valence-corrected chi connectivity index (χ4v) is 3.16. The summed E-state index contributed by atoms with van der Waals surface area (Å²) in [4.78, 5) is 27.7. The van der Waals surface area contributed by atoms with Gasteiger partial charge < -0.3 is 19.7 Å². The highest BCUT2D eigenvalue weighted by atomic mass is 16.5. The Morgan fingerprint density at radius 2 is 1.97 bits per heavy atom. The molecular formula is C21H23N5O3. The number of nitrogens with zero attached hydrogens (tertiary/aromatic N) is 4. The third-order valence-corrected chi connectivity index (χ3v) is 4.60. The fourth-order valence-electron chi connectivity index (χ4n) is 3.16. The average Bonchev–Trinajstić information content (AvgIpc) is 2.76. The Kier molecular flexibility index (Phi) is 5.81. The molecule has 0 unspecified atom stereocenters. The molecule has 0 spiro atoms. The van der Waals surface area contributed by atoms with Crippen LogP contribution < -0.4 is 15.0 Å². The van der Waals surface area contributed by atoms with Crippen LogP contribution in [-0.4, -0.2) is 60.3 Å². The first-order valence-corrected chi connectivity index (χ1v) is 9.64. The number of hydrogen-bond acceptors (Lipinski definition) is 7. The molecule has 29 heavy (non-hydrogen) atoms. The number of carbonyl (C=O) groups excluding carboxylic acids is 1. The molecule has 1 aromatic carbocycles. The third kappa shape index (κ3) is 4.78. The van der Waals surface area contributed by atoms with Gasteiger partial charge in [0.2, 0.25) is 5.88 Å². The Morgan fingerprint density at radius 3 is 2.83 bits per heavy atom. The largest absolute Gasteiger partial charge is 0.476 e. The molecule has 1 aliphatic rings. The Hall–Kier alpha value is -3.26. The van der Waals surface area contributed by atoms with E-state index in [1.165, 1.54) is 0 Å². The monoisotopic (exact) mass is 393 g/mol. The lowest BCUT2D eigenvalue weighted by molar-refractivity contribution is 0.0942. The van der Waals surface area contributed by atoms with E-state index in [4.69, 9.17) is 9.47 Å². The highest BCUT2D eigenvalue weighted by Crippen LogP contribution is 2.18. The van der Waals surface area contributed by atoms with Crippen molar-refractivity contribution < 1.29 is 14.3 Å². The number of benzene rings is 1. The SMILES string of the molecule is Cc1nc(OCCNC(=O)c2ccc3ccccc3n2)cc(N2CCOCC2)n1. The van der Waals surface area contributed by atoms with Crippen LogP contribution in [0.1, 0.15) is 16.3 Å². The first-order chi connectivity index (χ1) is 14.2. The van der Waals surface area contributed by atoms with Gasteiger partial charge in [-0.1, -0.05) is 24.3 Å². The molecular weight excluding hydrogens is 370 g/mol. The summed E-state index contributed by atoms with van der Waals surface area (Å²) in [7, 11) is 0. The van der Waals surface area contributed by atoms with E-state index in [0.29, 0.717) is 43.8 Å². The molecule has 1 N–H and O–H groups in total. The van der Waals surface area contributed by atoms with Crippen LogP contribution in [0.4, 0.5) is 5.82 Å². The highest BCUT2D eigenvalue weighted by Gasteiger charge is 2.14. The van der Waals surface area contributed by atoms with E-state index >= 15 is 0 Å². The Bertz CT molecular complexity index is 1000. The molecule has 0 aliphatic carbocycles. The zero-order chi connectivity index (χ0) is 20.1. The van der Waals surface area contributed by atoms with Crippen molar-refractivity contribution in [1.82, 2.24) is 20.3 Å². The number of para-hydroxylation sites is 1. The van der Waals surface area contributed by atoms with Crippen LogP contribution in [0.15, 0.2) is 42.5 Å². The van der Waals surface area contributed by atoms with Crippen molar-refractivity contribution in [2.24, 2.45) is 0 Å². The second kappa shape index (κ2) is 8.83.